The third-order valence-electron chi connectivity index (χ3n) is 19.0. The van der Waals surface area contributed by atoms with Crippen molar-refractivity contribution < 1.29 is 133 Å². The summed E-state index contributed by atoms with van der Waals surface area (Å²) in [7, 11) is -12.6. The summed E-state index contributed by atoms with van der Waals surface area (Å²) in [6.07, 6.45) is 7.78. The zero-order chi connectivity index (χ0) is 82.4. The lowest BCUT2D eigenvalue weighted by molar-refractivity contribution is -0.765. The fourth-order valence-electron chi connectivity index (χ4n) is 12.8. The molecule has 115 heavy (non-hydrogen) atoms. The Morgan fingerprint density at radius 3 is 1.21 bits per heavy atom. The number of carbonyl (C=O) groups is 6. The standard InChI is InChI=1S/C27H37N2O9P.C26H34N3O9P.C24H33N2O9P.CH4/c1-18(27(33)36-21-11-5-3-6-12-21)28-39(34,38-22-13-7-4-8-14-22)35-17-23-24(31)25(32)26(37-23)29-15-9-10-20(16-29)19(2)30;1-17(26(33)36-19-10-4-2-5-11-19)28-39(34,38-20-12-6-3-7-13-20)35-16-21-22(30)23(31)25(37-21)29-14-8-9-18(15-29)24(27)32;1-15(2)33-24(30)16(3)25-36(31,35-19-10-6-5-7-11-19)32-14-20-21(28)22(29)23(34-20)26-12-8-9-18(13-26)17(4)27;/h4,7-9,13-16,18,21,23-26,31-32H,3,5-6,10-12,17H2,1-2H3,(H,28,34);3,6-9,12-15,17,19,21-23,25,30-31H,2,4-5,10-11,16H2,1H3,(H2-,27,28,32,34);5-8,10-13,15-16,20-23,28-29H,9,14H2,1-4H3,(H,25,31);1H4/p+1/t18-,23+,24+,25+,26+,39?;17-,21+,22+,23+,25+,39?;16-,20+,21+,22+,23+,36?;/m000./s1. The van der Waals surface area contributed by atoms with E-state index in [0.717, 1.165) is 64.2 Å². The van der Waals surface area contributed by atoms with Crippen LogP contribution in [0.2, 0.25) is 0 Å². The van der Waals surface area contributed by atoms with Gasteiger partial charge in [0.2, 0.25) is 0 Å². The summed E-state index contributed by atoms with van der Waals surface area (Å²) in [5, 5.41) is 71.5. The van der Waals surface area contributed by atoms with Gasteiger partial charge in [0.15, 0.2) is 42.5 Å². The van der Waals surface area contributed by atoms with Crippen molar-refractivity contribution in [3.8, 4) is 17.2 Å². The Hall–Kier alpha value is -7.92. The summed E-state index contributed by atoms with van der Waals surface area (Å²) in [6, 6.07) is 24.8. The molecular weight excluding hydrogens is 1560 g/mol. The van der Waals surface area contributed by atoms with E-state index >= 15 is 0 Å². The van der Waals surface area contributed by atoms with E-state index in [0.29, 0.717) is 24.0 Å². The number of nitrogens with two attached hydrogens (primary N) is 1. The lowest BCUT2D eigenvalue weighted by Crippen LogP contribution is -2.46. The number of ether oxygens (including phenoxy) is 6. The number of aliphatic hydroxyl groups is 6. The Morgan fingerprint density at radius 1 is 0.496 bits per heavy atom. The van der Waals surface area contributed by atoms with Gasteiger partial charge in [-0.05, 0) is 155 Å². The maximum absolute atomic E-state index is 13.8. The highest BCUT2D eigenvalue weighted by molar-refractivity contribution is 7.52. The molecule has 632 valence electrons. The van der Waals surface area contributed by atoms with Crippen molar-refractivity contribution in [1.29, 1.82) is 0 Å². The quantitative estimate of drug-likeness (QED) is 0.00939. The number of carbonyl (C=O) groups excluding carboxylic acids is 6. The van der Waals surface area contributed by atoms with Crippen molar-refractivity contribution in [1.82, 2.24) is 25.1 Å². The molecule has 3 unspecified atom stereocenters. The number of pyridine rings is 1. The van der Waals surface area contributed by atoms with Gasteiger partial charge < -0.3 is 88.2 Å². The molecule has 3 saturated heterocycles. The molecule has 4 aromatic rings. The molecule has 0 radical (unpaired) electrons. The molecular formula is C78H109N7O27P3+. The summed E-state index contributed by atoms with van der Waals surface area (Å²) >= 11 is 0. The van der Waals surface area contributed by atoms with Crippen molar-refractivity contribution in [2.24, 2.45) is 5.73 Å². The van der Waals surface area contributed by atoms with Gasteiger partial charge in [-0.15, -0.1) is 0 Å². The summed E-state index contributed by atoms with van der Waals surface area (Å²) in [4.78, 5) is 75.8. The van der Waals surface area contributed by atoms with Gasteiger partial charge in [0.1, 0.15) is 102 Å². The second-order valence-electron chi connectivity index (χ2n) is 28.6. The van der Waals surface area contributed by atoms with E-state index in [1.807, 2.05) is 0 Å². The van der Waals surface area contributed by atoms with Crippen LogP contribution in [0.25, 0.3) is 0 Å². The van der Waals surface area contributed by atoms with E-state index in [1.54, 1.807) is 154 Å². The molecule has 5 fully saturated rings. The average molecular weight is 1670 g/mol. The number of rotatable bonds is 33. The minimum atomic E-state index is -4.21. The van der Waals surface area contributed by atoms with E-state index in [-0.39, 0.29) is 60.1 Å². The number of nitrogens with one attached hydrogen (secondary N) is 3. The zero-order valence-corrected chi connectivity index (χ0v) is 67.1. The molecule has 3 aromatic carbocycles. The molecule has 5 aliphatic heterocycles. The number of allylic oxidation sites excluding steroid dienone is 4. The van der Waals surface area contributed by atoms with Gasteiger partial charge >= 0.3 is 41.1 Å². The van der Waals surface area contributed by atoms with Crippen LogP contribution in [0.3, 0.4) is 0 Å². The summed E-state index contributed by atoms with van der Waals surface area (Å²) < 4.78 is 110. The third-order valence-corrected chi connectivity index (χ3v) is 23.9. The van der Waals surface area contributed by atoms with Crippen LogP contribution in [-0.2, 0) is 79.7 Å². The van der Waals surface area contributed by atoms with Gasteiger partial charge in [0.05, 0.1) is 25.9 Å². The fourth-order valence-corrected chi connectivity index (χ4v) is 17.3. The Bertz CT molecular complexity index is 4140. The molecule has 0 bridgehead atoms. The third kappa shape index (κ3) is 27.1. The average Bonchev–Trinajstić information content (AvgIpc) is 1.68. The number of benzene rings is 3. The normalized spacial score (nSPS) is 26.5. The number of hydrogen-bond acceptors (Lipinski definition) is 29. The van der Waals surface area contributed by atoms with Crippen molar-refractivity contribution in [3.05, 3.63) is 169 Å². The molecule has 34 nitrogen and oxygen atoms in total. The molecule has 11 rings (SSSR count). The van der Waals surface area contributed by atoms with Crippen molar-refractivity contribution in [2.45, 2.75) is 243 Å². The number of primary amides is 1. The molecule has 11 N–H and O–H groups in total. The molecule has 37 heteroatoms. The summed E-state index contributed by atoms with van der Waals surface area (Å²) in [5.41, 5.74) is 6.57. The predicted molar refractivity (Wildman–Crippen MR) is 415 cm³/mol. The van der Waals surface area contributed by atoms with Crippen LogP contribution in [0.1, 0.15) is 150 Å². The summed E-state index contributed by atoms with van der Waals surface area (Å²) in [5.74, 6) is -2.00. The van der Waals surface area contributed by atoms with Crippen LogP contribution in [0.5, 0.6) is 17.2 Å². The largest absolute Gasteiger partial charge is 0.462 e. The van der Waals surface area contributed by atoms with E-state index in [2.05, 4.69) is 15.3 Å². The first kappa shape index (κ1) is 92.6. The number of amides is 1. The lowest BCUT2D eigenvalue weighted by Gasteiger charge is -2.29. The monoisotopic (exact) mass is 1670 g/mol. The predicted octanol–water partition coefficient (Wildman–Crippen LogP) is 7.83. The number of aromatic nitrogens is 1. The smallest absolute Gasteiger partial charge is 0.459 e. The van der Waals surface area contributed by atoms with E-state index < -0.39 is 159 Å². The van der Waals surface area contributed by atoms with Crippen LogP contribution in [-0.4, -0.2) is 199 Å². The van der Waals surface area contributed by atoms with Gasteiger partial charge in [0, 0.05) is 42.0 Å². The fraction of sp³-hybridized carbons (Fsp3) is 0.526. The van der Waals surface area contributed by atoms with Gasteiger partial charge in [-0.3, -0.25) is 42.3 Å². The second kappa shape index (κ2) is 43.5. The topological polar surface area (TPSA) is 458 Å². The first-order chi connectivity index (χ1) is 54.3. The van der Waals surface area contributed by atoms with E-state index in [1.165, 1.54) is 61.2 Å². The number of Topliss-reactive ketones (excluding diaryl/α,β-unsaturated/α-hetero) is 2. The summed E-state index contributed by atoms with van der Waals surface area (Å²) in [6.45, 7) is 9.43. The maximum atomic E-state index is 13.8. The van der Waals surface area contributed by atoms with Gasteiger partial charge in [-0.2, -0.15) is 19.8 Å². The number of hydrogen-bond donors (Lipinski definition) is 10. The molecule has 2 saturated carbocycles. The minimum Gasteiger partial charge on any atom is -0.462 e. The van der Waals surface area contributed by atoms with Crippen LogP contribution in [0.15, 0.2) is 164 Å². The van der Waals surface area contributed by atoms with Crippen molar-refractivity contribution >= 4 is 58.6 Å². The molecule has 7 aliphatic rings. The first-order valence-corrected chi connectivity index (χ1v) is 42.5. The maximum Gasteiger partial charge on any atom is 0.459 e. The lowest BCUT2D eigenvalue weighted by atomic mass is 9.98. The van der Waals surface area contributed by atoms with E-state index in [4.69, 9.17) is 61.3 Å². The molecule has 0 spiro atoms. The number of aliphatic hydroxyl groups excluding tert-OH is 6. The van der Waals surface area contributed by atoms with Crippen LogP contribution >= 0.6 is 23.2 Å². The van der Waals surface area contributed by atoms with Crippen molar-refractivity contribution in [2.75, 3.05) is 19.8 Å². The van der Waals surface area contributed by atoms with E-state index in [9.17, 15) is 73.1 Å². The molecule has 6 heterocycles. The molecule has 2 aliphatic carbocycles. The Morgan fingerprint density at radius 2 is 0.852 bits per heavy atom. The highest BCUT2D eigenvalue weighted by Crippen LogP contribution is 2.49. The van der Waals surface area contributed by atoms with Crippen LogP contribution in [0, 0.1) is 0 Å². The SMILES string of the molecule is C.CC(=O)C1=CN([C@@H]2O[C@H](COP(=O)(N[C@@H](C)C(=O)OC(C)C)Oc3ccccc3)[C@@H](O)[C@H]2O)C=CC1.CC(=O)C1=CN([C@@H]2O[C@H](COP(=O)(N[C@@H](C)C(=O)OC3CCCCC3)Oc3ccccc3)[C@@H](O)[C@H]2O)C=CC1.C[C@H](NP(=O)(OC[C@H]1O[C@@H]([n+]2cccc(C(N)=O)c2)[C@H](O)[C@@H]1O)Oc1ccccc1)C(=O)OC1CCCCC1. The number of ketones is 2. The number of para-hydroxylation sites is 3. The molecule has 1 aromatic heterocycles. The van der Waals surface area contributed by atoms with Crippen LogP contribution in [0.4, 0.5) is 0 Å². The van der Waals surface area contributed by atoms with Gasteiger partial charge in [-0.1, -0.05) is 87.0 Å². The van der Waals surface area contributed by atoms with Gasteiger partial charge in [-0.25, -0.2) is 13.7 Å². The van der Waals surface area contributed by atoms with Crippen molar-refractivity contribution in [3.63, 3.8) is 0 Å². The zero-order valence-electron chi connectivity index (χ0n) is 64.4. The highest BCUT2D eigenvalue weighted by Gasteiger charge is 2.51. The van der Waals surface area contributed by atoms with Crippen LogP contribution < -0.4 is 39.1 Å². The number of nitrogens with zero attached hydrogens (tertiary/aromatic N) is 3. The number of esters is 3. The Labute approximate surface area is 668 Å². The Kier molecular flexibility index (Phi) is 35.0. The highest BCUT2D eigenvalue weighted by atomic mass is 31.2. The second-order valence-corrected chi connectivity index (χ2v) is 33.6. The molecule has 18 atom stereocenters. The first-order valence-electron chi connectivity index (χ1n) is 37.9. The van der Waals surface area contributed by atoms with Gasteiger partial charge in [0.25, 0.3) is 12.1 Å². The molecule has 1 amide bonds. The Balaban J connectivity index is 0.000000215. The minimum absolute atomic E-state index is 0.